The highest BCUT2D eigenvalue weighted by atomic mass is 16.6. The Balaban J connectivity index is 1.58. The minimum absolute atomic E-state index is 0.0458. The van der Waals surface area contributed by atoms with Crippen LogP contribution in [0, 0.1) is 55.2 Å². The third kappa shape index (κ3) is 3.39. The Morgan fingerprint density at radius 3 is 2.30 bits per heavy atom. The molecule has 37 heavy (non-hydrogen) atoms. The van der Waals surface area contributed by atoms with Crippen LogP contribution in [0.1, 0.15) is 106 Å². The average molecular weight is 513 g/mol. The lowest BCUT2D eigenvalue weighted by Gasteiger charge is -2.70. The van der Waals surface area contributed by atoms with Gasteiger partial charge in [-0.1, -0.05) is 59.2 Å². The highest BCUT2D eigenvalue weighted by Crippen LogP contribution is 2.75. The van der Waals surface area contributed by atoms with E-state index in [9.17, 15) is 14.5 Å². The van der Waals surface area contributed by atoms with Crippen LogP contribution in [0.25, 0.3) is 0 Å². The van der Waals surface area contributed by atoms with Crippen molar-refractivity contribution in [1.82, 2.24) is 5.48 Å². The van der Waals surface area contributed by atoms with Crippen LogP contribution < -0.4 is 5.48 Å². The second-order valence-corrected chi connectivity index (χ2v) is 15.4. The molecule has 5 rings (SSSR count). The van der Waals surface area contributed by atoms with Crippen LogP contribution in [-0.2, 0) is 14.4 Å². The fourth-order valence-electron chi connectivity index (χ4n) is 10.8. The normalized spacial score (nSPS) is 50.5. The van der Waals surface area contributed by atoms with Crippen molar-refractivity contribution < 1.29 is 14.4 Å². The van der Waals surface area contributed by atoms with Crippen molar-refractivity contribution in [3.8, 4) is 0 Å². The lowest BCUT2D eigenvalue weighted by molar-refractivity contribution is -0.187. The molecule has 0 radical (unpaired) electrons. The summed E-state index contributed by atoms with van der Waals surface area (Å²) in [5, 5.41) is 3.55. The molecule has 1 amide bonds. The summed E-state index contributed by atoms with van der Waals surface area (Å²) in [5.74, 6) is 0.712. The summed E-state index contributed by atoms with van der Waals surface area (Å²) in [6.45, 7) is 16.1. The van der Waals surface area contributed by atoms with Crippen molar-refractivity contribution in [2.75, 3.05) is 7.11 Å². The highest BCUT2D eigenvalue weighted by Gasteiger charge is 2.70. The van der Waals surface area contributed by atoms with Gasteiger partial charge in [-0.2, -0.15) is 4.91 Å². The van der Waals surface area contributed by atoms with E-state index >= 15 is 0 Å². The quantitative estimate of drug-likeness (QED) is 0.334. The number of hydrogen-bond acceptors (Lipinski definition) is 5. The van der Waals surface area contributed by atoms with E-state index in [1.807, 2.05) is 0 Å². The Bertz CT molecular complexity index is 1050. The Kier molecular flexibility index (Phi) is 6.01. The molecule has 4 saturated carbocycles. The third-order valence-corrected chi connectivity index (χ3v) is 13.4. The molecule has 6 nitrogen and oxygen atoms in total. The van der Waals surface area contributed by atoms with Gasteiger partial charge >= 0.3 is 0 Å². The van der Waals surface area contributed by atoms with Crippen molar-refractivity contribution in [3.63, 3.8) is 0 Å². The zero-order valence-corrected chi connectivity index (χ0v) is 24.3. The van der Waals surface area contributed by atoms with E-state index in [0.29, 0.717) is 5.92 Å². The first-order valence-electron chi connectivity index (χ1n) is 14.5. The SMILES string of the molecule is CONC(=O)[C@@]1(C)CC[C@]2(C)CC[C@]3(C)C(=CC(=O)[C@@H]4[C@@]5(C)CCC(N=O)C(C)(C)C5CC[C@]43C)[C@@H]2C1. The number of nitroso groups, excluding NO2 is 1. The molecule has 0 heterocycles. The van der Waals surface area contributed by atoms with E-state index < -0.39 is 5.41 Å². The van der Waals surface area contributed by atoms with E-state index in [1.165, 1.54) is 12.7 Å². The standard InChI is InChI=1S/C31H48N2O4/c1-26(2)22-9-12-31(7)24(29(22,5)11-10-23(26)32-36)21(34)17-19-20-18-28(4,25(35)33-37-8)14-13-27(20,3)15-16-30(19,31)6/h17,20,22-24H,9-16,18H2,1-8H3,(H,33,35)/t20-,22?,23?,24+,27+,28-,29-,30+,31+/m0/s1. The molecule has 2 unspecified atom stereocenters. The fourth-order valence-corrected chi connectivity index (χ4v) is 10.8. The summed E-state index contributed by atoms with van der Waals surface area (Å²) in [7, 11) is 1.49. The van der Waals surface area contributed by atoms with Gasteiger partial charge in [-0.3, -0.25) is 14.4 Å². The molecule has 206 valence electrons. The summed E-state index contributed by atoms with van der Waals surface area (Å²) in [4.78, 5) is 44.2. The zero-order chi connectivity index (χ0) is 27.2. The van der Waals surface area contributed by atoms with E-state index in [1.54, 1.807) is 0 Å². The number of nitrogens with zero attached hydrogens (tertiary/aromatic N) is 1. The molecule has 9 atom stereocenters. The second kappa shape index (κ2) is 8.22. The maximum atomic E-state index is 14.4. The molecule has 0 aromatic heterocycles. The lowest BCUT2D eigenvalue weighted by Crippen LogP contribution is -2.66. The molecule has 0 spiro atoms. The molecule has 6 heteroatoms. The number of allylic oxidation sites excluding steroid dienone is 2. The summed E-state index contributed by atoms with van der Waals surface area (Å²) in [5.41, 5.74) is 2.96. The summed E-state index contributed by atoms with van der Waals surface area (Å²) >= 11 is 0. The van der Waals surface area contributed by atoms with Crippen molar-refractivity contribution in [1.29, 1.82) is 0 Å². The van der Waals surface area contributed by atoms with E-state index in [2.05, 4.69) is 65.2 Å². The monoisotopic (exact) mass is 512 g/mol. The lowest BCUT2D eigenvalue weighted by atomic mass is 9.33. The Hall–Kier alpha value is -1.56. The van der Waals surface area contributed by atoms with Gasteiger partial charge in [-0.15, -0.1) is 0 Å². The van der Waals surface area contributed by atoms with Crippen LogP contribution in [0.5, 0.6) is 0 Å². The molecular weight excluding hydrogens is 464 g/mol. The van der Waals surface area contributed by atoms with Gasteiger partial charge in [0.1, 0.15) is 0 Å². The smallest absolute Gasteiger partial charge is 0.249 e. The van der Waals surface area contributed by atoms with Gasteiger partial charge in [0, 0.05) is 11.3 Å². The Morgan fingerprint density at radius 1 is 0.973 bits per heavy atom. The first-order chi connectivity index (χ1) is 17.1. The van der Waals surface area contributed by atoms with Gasteiger partial charge in [-0.05, 0) is 103 Å². The number of hydroxylamine groups is 1. The molecule has 0 saturated heterocycles. The molecule has 0 bridgehead atoms. The van der Waals surface area contributed by atoms with E-state index in [4.69, 9.17) is 4.84 Å². The maximum absolute atomic E-state index is 14.4. The van der Waals surface area contributed by atoms with E-state index in [-0.39, 0.29) is 56.6 Å². The first kappa shape index (κ1) is 27.0. The van der Waals surface area contributed by atoms with Gasteiger partial charge in [0.15, 0.2) is 5.78 Å². The number of amides is 1. The molecular formula is C31H48N2O4. The minimum atomic E-state index is -0.506. The molecule has 4 fully saturated rings. The predicted molar refractivity (Wildman–Crippen MR) is 144 cm³/mol. The third-order valence-electron chi connectivity index (χ3n) is 13.4. The van der Waals surface area contributed by atoms with Crippen molar-refractivity contribution >= 4 is 11.7 Å². The van der Waals surface area contributed by atoms with Crippen LogP contribution >= 0.6 is 0 Å². The highest BCUT2D eigenvalue weighted by molar-refractivity contribution is 5.95. The number of rotatable bonds is 3. The topological polar surface area (TPSA) is 84.8 Å². The van der Waals surface area contributed by atoms with Crippen molar-refractivity contribution in [2.45, 2.75) is 112 Å². The largest absolute Gasteiger partial charge is 0.295 e. The Labute approximate surface area is 223 Å². The first-order valence-corrected chi connectivity index (χ1v) is 14.5. The number of ketones is 1. The van der Waals surface area contributed by atoms with Crippen LogP contribution in [0.3, 0.4) is 0 Å². The molecule has 0 aromatic carbocycles. The average Bonchev–Trinajstić information content (AvgIpc) is 2.81. The van der Waals surface area contributed by atoms with Gasteiger partial charge in [0.25, 0.3) is 0 Å². The minimum Gasteiger partial charge on any atom is -0.295 e. The van der Waals surface area contributed by atoms with Crippen LogP contribution in [-0.4, -0.2) is 24.8 Å². The molecule has 5 aliphatic carbocycles. The van der Waals surface area contributed by atoms with Gasteiger partial charge in [0.2, 0.25) is 5.91 Å². The molecule has 5 aliphatic rings. The molecule has 1 N–H and O–H groups in total. The van der Waals surface area contributed by atoms with Gasteiger partial charge in [-0.25, -0.2) is 5.48 Å². The van der Waals surface area contributed by atoms with Gasteiger partial charge in [0.05, 0.1) is 13.2 Å². The predicted octanol–water partition coefficient (Wildman–Crippen LogP) is 6.78. The van der Waals surface area contributed by atoms with Crippen LogP contribution in [0.2, 0.25) is 0 Å². The second-order valence-electron chi connectivity index (χ2n) is 15.4. The van der Waals surface area contributed by atoms with Crippen molar-refractivity contribution in [2.24, 2.45) is 55.4 Å². The summed E-state index contributed by atoms with van der Waals surface area (Å²) in [6.07, 6.45) is 10.6. The maximum Gasteiger partial charge on any atom is 0.249 e. The van der Waals surface area contributed by atoms with Crippen LogP contribution in [0.4, 0.5) is 0 Å². The molecule has 0 aromatic rings. The number of carbonyl (C=O) groups is 2. The fraction of sp³-hybridized carbons (Fsp3) is 0.871. The molecule has 0 aliphatic heterocycles. The summed E-state index contributed by atoms with van der Waals surface area (Å²) in [6, 6.07) is -0.177. The number of fused-ring (bicyclic) bond motifs is 7. The van der Waals surface area contributed by atoms with Gasteiger partial charge < -0.3 is 0 Å². The zero-order valence-electron chi connectivity index (χ0n) is 24.3. The number of nitrogens with one attached hydrogen (secondary N) is 1. The number of hydrogen-bond donors (Lipinski definition) is 1. The number of carbonyl (C=O) groups excluding carboxylic acids is 2. The van der Waals surface area contributed by atoms with E-state index in [0.717, 1.165) is 57.8 Å². The van der Waals surface area contributed by atoms with Crippen LogP contribution in [0.15, 0.2) is 16.8 Å². The van der Waals surface area contributed by atoms with Crippen molar-refractivity contribution in [3.05, 3.63) is 16.6 Å². The summed E-state index contributed by atoms with van der Waals surface area (Å²) < 4.78 is 0. The Morgan fingerprint density at radius 2 is 1.65 bits per heavy atom.